The normalized spacial score (nSPS) is 14.2. The van der Waals surface area contributed by atoms with Crippen LogP contribution in [0.2, 0.25) is 0 Å². The molecule has 0 saturated heterocycles. The van der Waals surface area contributed by atoms with Gasteiger partial charge >= 0.3 is 0 Å². The zero-order valence-electron chi connectivity index (χ0n) is 14.5. The molecule has 0 radical (unpaired) electrons. The molecule has 0 atom stereocenters. The minimum Gasteiger partial charge on any atom is -0.480 e. The number of aromatic amines is 1. The number of nitrogens with one attached hydrogen (secondary N) is 2. The molecular weight excluding hydrogens is 318 g/mol. The molecule has 0 unspecified atom stereocenters. The molecule has 25 heavy (non-hydrogen) atoms. The van der Waals surface area contributed by atoms with Crippen LogP contribution in [-0.4, -0.2) is 38.8 Å². The largest absolute Gasteiger partial charge is 0.480 e. The van der Waals surface area contributed by atoms with E-state index in [9.17, 15) is 4.79 Å². The van der Waals surface area contributed by atoms with Crippen molar-refractivity contribution >= 4 is 16.8 Å². The topological polar surface area (TPSA) is 84.8 Å². The number of methoxy groups -OCH3 is 1. The molecule has 1 aliphatic rings. The summed E-state index contributed by atoms with van der Waals surface area (Å²) in [6.07, 6.45) is 5.77. The van der Waals surface area contributed by atoms with Gasteiger partial charge in [-0.25, -0.2) is 4.98 Å². The molecule has 1 amide bonds. The van der Waals surface area contributed by atoms with Crippen LogP contribution in [0.4, 0.5) is 0 Å². The number of carbonyl (C=O) groups excluding carboxylic acids is 1. The van der Waals surface area contributed by atoms with Crippen LogP contribution in [0.5, 0.6) is 5.88 Å². The highest BCUT2D eigenvalue weighted by atomic mass is 16.5. The summed E-state index contributed by atoms with van der Waals surface area (Å²) in [5.74, 6) is 0.481. The molecule has 1 aliphatic carbocycles. The van der Waals surface area contributed by atoms with E-state index in [1.807, 2.05) is 22.9 Å². The van der Waals surface area contributed by atoms with E-state index in [1.165, 1.54) is 0 Å². The molecule has 1 saturated carbocycles. The predicted molar refractivity (Wildman–Crippen MR) is 94.7 cm³/mol. The van der Waals surface area contributed by atoms with E-state index in [2.05, 4.69) is 34.3 Å². The number of H-pyrrole nitrogens is 1. The third-order valence-corrected chi connectivity index (χ3v) is 4.46. The molecule has 0 bridgehead atoms. The van der Waals surface area contributed by atoms with Crippen LogP contribution in [0, 0.1) is 0 Å². The molecule has 3 heterocycles. The maximum absolute atomic E-state index is 12.6. The highest BCUT2D eigenvalue weighted by Gasteiger charge is 2.26. The van der Waals surface area contributed by atoms with Crippen LogP contribution in [0.1, 0.15) is 43.2 Å². The molecule has 3 aromatic rings. The predicted octanol–water partition coefficient (Wildman–Crippen LogP) is 2.91. The van der Waals surface area contributed by atoms with Crippen molar-refractivity contribution in [2.45, 2.75) is 38.8 Å². The Morgan fingerprint density at radius 3 is 2.92 bits per heavy atom. The number of fused-ring (bicyclic) bond motifs is 1. The first kappa shape index (κ1) is 15.7. The summed E-state index contributed by atoms with van der Waals surface area (Å²) in [6, 6.07) is 4.23. The molecule has 3 aromatic heterocycles. The van der Waals surface area contributed by atoms with Crippen LogP contribution >= 0.6 is 0 Å². The van der Waals surface area contributed by atoms with E-state index in [0.29, 0.717) is 17.6 Å². The smallest absolute Gasteiger partial charge is 0.268 e. The average molecular weight is 339 g/mol. The maximum Gasteiger partial charge on any atom is 0.268 e. The number of amides is 1. The summed E-state index contributed by atoms with van der Waals surface area (Å²) >= 11 is 0. The lowest BCUT2D eigenvalue weighted by atomic mass is 10.1. The Hall–Kier alpha value is -2.83. The fourth-order valence-corrected chi connectivity index (χ4v) is 3.01. The summed E-state index contributed by atoms with van der Waals surface area (Å²) in [6.45, 7) is 4.12. The summed E-state index contributed by atoms with van der Waals surface area (Å²) in [5.41, 5.74) is 3.10. The quantitative estimate of drug-likeness (QED) is 0.748. The number of hydrogen-bond acceptors (Lipinski definition) is 4. The van der Waals surface area contributed by atoms with Crippen molar-refractivity contribution in [3.05, 3.63) is 30.2 Å². The lowest BCUT2D eigenvalue weighted by molar-refractivity contribution is 0.0940. The highest BCUT2D eigenvalue weighted by molar-refractivity contribution is 5.99. The lowest BCUT2D eigenvalue weighted by Gasteiger charge is -2.12. The Bertz CT molecular complexity index is 936. The monoisotopic (exact) mass is 339 g/mol. The van der Waals surface area contributed by atoms with Crippen LogP contribution in [0.3, 0.4) is 0 Å². The second-order valence-electron chi connectivity index (χ2n) is 6.68. The second kappa shape index (κ2) is 5.91. The van der Waals surface area contributed by atoms with Gasteiger partial charge in [0.25, 0.3) is 5.91 Å². The summed E-state index contributed by atoms with van der Waals surface area (Å²) in [4.78, 5) is 16.9. The number of ether oxygens (including phenoxy) is 1. The minimum atomic E-state index is -0.0348. The Morgan fingerprint density at radius 2 is 2.24 bits per heavy atom. The van der Waals surface area contributed by atoms with Gasteiger partial charge in [0.1, 0.15) is 11.4 Å². The van der Waals surface area contributed by atoms with Crippen molar-refractivity contribution < 1.29 is 9.53 Å². The van der Waals surface area contributed by atoms with E-state index in [1.54, 1.807) is 13.3 Å². The summed E-state index contributed by atoms with van der Waals surface area (Å²) in [5, 5.41) is 11.3. The Morgan fingerprint density at radius 1 is 1.44 bits per heavy atom. The molecular formula is C18H21N5O2. The van der Waals surface area contributed by atoms with Gasteiger partial charge in [0.05, 0.1) is 18.0 Å². The van der Waals surface area contributed by atoms with Gasteiger partial charge in [0.15, 0.2) is 0 Å². The van der Waals surface area contributed by atoms with E-state index >= 15 is 0 Å². The molecule has 0 spiro atoms. The molecule has 2 N–H and O–H groups in total. The average Bonchev–Trinajstić information content (AvgIpc) is 3.13. The van der Waals surface area contributed by atoms with Crippen LogP contribution in [0.25, 0.3) is 22.2 Å². The molecule has 7 heteroatoms. The van der Waals surface area contributed by atoms with Crippen LogP contribution in [-0.2, 0) is 0 Å². The first-order valence-corrected chi connectivity index (χ1v) is 8.48. The van der Waals surface area contributed by atoms with Crippen LogP contribution < -0.4 is 10.1 Å². The zero-order chi connectivity index (χ0) is 17.6. The van der Waals surface area contributed by atoms with Gasteiger partial charge in [-0.15, -0.1) is 0 Å². The molecule has 0 aromatic carbocycles. The van der Waals surface area contributed by atoms with Gasteiger partial charge < -0.3 is 14.6 Å². The van der Waals surface area contributed by atoms with Gasteiger partial charge in [0.2, 0.25) is 5.88 Å². The number of hydrogen-bond donors (Lipinski definition) is 2. The van der Waals surface area contributed by atoms with Crippen molar-refractivity contribution in [1.82, 2.24) is 25.1 Å². The van der Waals surface area contributed by atoms with E-state index in [4.69, 9.17) is 4.74 Å². The van der Waals surface area contributed by atoms with Crippen molar-refractivity contribution in [3.63, 3.8) is 0 Å². The van der Waals surface area contributed by atoms with Crippen molar-refractivity contribution in [2.24, 2.45) is 0 Å². The van der Waals surface area contributed by atoms with Crippen molar-refractivity contribution in [3.8, 4) is 17.1 Å². The lowest BCUT2D eigenvalue weighted by Crippen LogP contribution is -2.27. The maximum atomic E-state index is 12.6. The summed E-state index contributed by atoms with van der Waals surface area (Å²) in [7, 11) is 1.59. The SMILES string of the molecule is COc1nccc2[nH]nc(-c3cc(C(=O)NC4CC4)n(C(C)C)c3)c12. The minimum absolute atomic E-state index is 0.0348. The molecule has 130 valence electrons. The van der Waals surface area contributed by atoms with Gasteiger partial charge in [0, 0.05) is 30.0 Å². The number of rotatable bonds is 5. The van der Waals surface area contributed by atoms with Gasteiger partial charge in [-0.1, -0.05) is 0 Å². The van der Waals surface area contributed by atoms with E-state index in [-0.39, 0.29) is 11.9 Å². The van der Waals surface area contributed by atoms with Gasteiger partial charge in [-0.3, -0.25) is 9.89 Å². The zero-order valence-corrected chi connectivity index (χ0v) is 14.5. The molecule has 1 fully saturated rings. The second-order valence-corrected chi connectivity index (χ2v) is 6.68. The van der Waals surface area contributed by atoms with Gasteiger partial charge in [-0.05, 0) is 38.8 Å². The fourth-order valence-electron chi connectivity index (χ4n) is 3.01. The molecule has 4 rings (SSSR count). The van der Waals surface area contributed by atoms with E-state index < -0.39 is 0 Å². The Balaban J connectivity index is 1.82. The third-order valence-electron chi connectivity index (χ3n) is 4.46. The Labute approximate surface area is 145 Å². The first-order valence-electron chi connectivity index (χ1n) is 8.48. The standard InChI is InChI=1S/C18H21N5O2/c1-10(2)23-9-11(8-14(23)17(24)20-12-4-5-12)16-15-13(21-22-16)6-7-19-18(15)25-3/h6-10,12H,4-5H2,1-3H3,(H,20,24)(H,21,22). The third kappa shape index (κ3) is 2.75. The van der Waals surface area contributed by atoms with Crippen molar-refractivity contribution in [1.29, 1.82) is 0 Å². The fraction of sp³-hybridized carbons (Fsp3) is 0.389. The Kier molecular flexibility index (Phi) is 3.71. The number of nitrogens with zero attached hydrogens (tertiary/aromatic N) is 3. The summed E-state index contributed by atoms with van der Waals surface area (Å²) < 4.78 is 7.37. The van der Waals surface area contributed by atoms with Crippen LogP contribution in [0.15, 0.2) is 24.5 Å². The number of pyridine rings is 1. The molecule has 0 aliphatic heterocycles. The number of aromatic nitrogens is 4. The first-order chi connectivity index (χ1) is 12.1. The van der Waals surface area contributed by atoms with Gasteiger partial charge in [-0.2, -0.15) is 5.10 Å². The van der Waals surface area contributed by atoms with Crippen molar-refractivity contribution in [2.75, 3.05) is 7.11 Å². The number of carbonyl (C=O) groups is 1. The van der Waals surface area contributed by atoms with E-state index in [0.717, 1.165) is 35.0 Å². The highest BCUT2D eigenvalue weighted by Crippen LogP contribution is 2.33. The molecule has 7 nitrogen and oxygen atoms in total.